The predicted octanol–water partition coefficient (Wildman–Crippen LogP) is 0.272. The van der Waals surface area contributed by atoms with E-state index in [4.69, 9.17) is 0 Å². The van der Waals surface area contributed by atoms with Crippen LogP contribution in [0.1, 0.15) is 20.3 Å². The van der Waals surface area contributed by atoms with Crippen molar-refractivity contribution in [2.45, 2.75) is 32.4 Å². The van der Waals surface area contributed by atoms with Crippen LogP contribution in [0.5, 0.6) is 0 Å². The van der Waals surface area contributed by atoms with E-state index in [0.29, 0.717) is 18.8 Å². The zero-order chi connectivity index (χ0) is 14.9. The quantitative estimate of drug-likeness (QED) is 0.809. The van der Waals surface area contributed by atoms with E-state index in [9.17, 15) is 19.5 Å². The smallest absolute Gasteiger partial charge is 0.327 e. The number of nitrogens with zero attached hydrogens (tertiary/aromatic N) is 2. The lowest BCUT2D eigenvalue weighted by atomic mass is 10.1. The van der Waals surface area contributed by atoms with Gasteiger partial charge in [-0.1, -0.05) is 0 Å². The number of carboxylic acids is 1. The van der Waals surface area contributed by atoms with Crippen molar-refractivity contribution in [2.24, 2.45) is 5.92 Å². The molecule has 0 saturated carbocycles. The summed E-state index contributed by atoms with van der Waals surface area (Å²) in [5.41, 5.74) is 0. The van der Waals surface area contributed by atoms with Crippen molar-refractivity contribution in [3.8, 4) is 0 Å². The van der Waals surface area contributed by atoms with Crippen LogP contribution >= 0.6 is 11.8 Å². The Bertz CT molecular complexity index is 427. The summed E-state index contributed by atoms with van der Waals surface area (Å²) in [7, 11) is 0. The Kier molecular flexibility index (Phi) is 4.57. The topological polar surface area (TPSA) is 77.9 Å². The predicted molar refractivity (Wildman–Crippen MR) is 75.4 cm³/mol. The van der Waals surface area contributed by atoms with Crippen LogP contribution in [0.3, 0.4) is 0 Å². The van der Waals surface area contributed by atoms with Gasteiger partial charge in [0.2, 0.25) is 11.8 Å². The number of hydrogen-bond donors (Lipinski definition) is 1. The normalized spacial score (nSPS) is 27.2. The monoisotopic (exact) mass is 300 g/mol. The fourth-order valence-corrected chi connectivity index (χ4v) is 3.74. The Morgan fingerprint density at radius 3 is 2.65 bits per heavy atom. The van der Waals surface area contributed by atoms with Gasteiger partial charge in [0.05, 0.1) is 5.92 Å². The molecule has 7 heteroatoms. The molecule has 2 unspecified atom stereocenters. The number of carboxylic acid groups (broad SMARTS) is 1. The molecule has 0 aromatic carbocycles. The van der Waals surface area contributed by atoms with Gasteiger partial charge in [-0.05, 0) is 13.8 Å². The Morgan fingerprint density at radius 2 is 2.10 bits per heavy atom. The van der Waals surface area contributed by atoms with Crippen molar-refractivity contribution < 1.29 is 19.5 Å². The maximum Gasteiger partial charge on any atom is 0.327 e. The van der Waals surface area contributed by atoms with Crippen molar-refractivity contribution >= 4 is 29.5 Å². The molecule has 112 valence electrons. The largest absolute Gasteiger partial charge is 0.480 e. The zero-order valence-corrected chi connectivity index (χ0v) is 12.6. The highest BCUT2D eigenvalue weighted by molar-refractivity contribution is 7.99. The minimum Gasteiger partial charge on any atom is -0.480 e. The molecular formula is C13H20N2O4S. The summed E-state index contributed by atoms with van der Waals surface area (Å²) in [5.74, 6) is -0.379. The molecule has 2 atom stereocenters. The number of carbonyl (C=O) groups is 3. The van der Waals surface area contributed by atoms with Crippen LogP contribution in [-0.4, -0.2) is 69.4 Å². The molecule has 1 N–H and O–H groups in total. The average molecular weight is 300 g/mol. The zero-order valence-electron chi connectivity index (χ0n) is 11.7. The van der Waals surface area contributed by atoms with E-state index >= 15 is 0 Å². The maximum atomic E-state index is 12.5. The second-order valence-corrected chi connectivity index (χ2v) is 6.65. The molecule has 2 fully saturated rings. The minimum atomic E-state index is -0.962. The Balaban J connectivity index is 2.07. The van der Waals surface area contributed by atoms with E-state index < -0.39 is 17.9 Å². The van der Waals surface area contributed by atoms with Crippen molar-refractivity contribution in [3.63, 3.8) is 0 Å². The Hall–Kier alpha value is -1.24. The van der Waals surface area contributed by atoms with Crippen molar-refractivity contribution in [1.29, 1.82) is 0 Å². The lowest BCUT2D eigenvalue weighted by Crippen LogP contribution is -2.52. The first-order valence-corrected chi connectivity index (χ1v) is 7.97. The molecule has 2 aliphatic rings. The van der Waals surface area contributed by atoms with Gasteiger partial charge in [-0.15, -0.1) is 0 Å². The van der Waals surface area contributed by atoms with E-state index in [0.717, 1.165) is 5.75 Å². The number of aliphatic carboxylic acids is 1. The number of carbonyl (C=O) groups excluding carboxylic acids is 2. The van der Waals surface area contributed by atoms with Gasteiger partial charge in [0.15, 0.2) is 0 Å². The lowest BCUT2D eigenvalue weighted by Gasteiger charge is -2.34. The van der Waals surface area contributed by atoms with E-state index in [1.54, 1.807) is 16.7 Å². The summed E-state index contributed by atoms with van der Waals surface area (Å²) in [6.07, 6.45) is 0.201. The molecule has 0 radical (unpaired) electrons. The summed E-state index contributed by atoms with van der Waals surface area (Å²) < 4.78 is 0. The highest BCUT2D eigenvalue weighted by atomic mass is 32.2. The summed E-state index contributed by atoms with van der Waals surface area (Å²) in [6, 6.07) is -0.683. The third-order valence-corrected chi connectivity index (χ3v) is 4.85. The number of amides is 2. The molecule has 0 bridgehead atoms. The number of likely N-dealkylation sites (tertiary alicyclic amines) is 1. The molecule has 0 spiro atoms. The third kappa shape index (κ3) is 2.92. The fraction of sp³-hybridized carbons (Fsp3) is 0.769. The van der Waals surface area contributed by atoms with Crippen molar-refractivity contribution in [2.75, 3.05) is 24.6 Å². The molecule has 2 aliphatic heterocycles. The van der Waals surface area contributed by atoms with Crippen LogP contribution in [0.2, 0.25) is 0 Å². The van der Waals surface area contributed by atoms with Crippen LogP contribution in [0.25, 0.3) is 0 Å². The van der Waals surface area contributed by atoms with Crippen LogP contribution in [0.4, 0.5) is 0 Å². The summed E-state index contributed by atoms with van der Waals surface area (Å²) in [6.45, 7) is 4.70. The van der Waals surface area contributed by atoms with E-state index in [-0.39, 0.29) is 24.3 Å². The Morgan fingerprint density at radius 1 is 1.40 bits per heavy atom. The van der Waals surface area contributed by atoms with Crippen molar-refractivity contribution in [3.05, 3.63) is 0 Å². The molecule has 2 saturated heterocycles. The number of hydrogen-bond acceptors (Lipinski definition) is 4. The highest BCUT2D eigenvalue weighted by Crippen LogP contribution is 2.25. The molecule has 20 heavy (non-hydrogen) atoms. The first-order valence-electron chi connectivity index (χ1n) is 6.82. The van der Waals surface area contributed by atoms with Crippen molar-refractivity contribution in [1.82, 2.24) is 9.80 Å². The molecular weight excluding hydrogens is 280 g/mol. The van der Waals surface area contributed by atoms with Crippen LogP contribution in [0.15, 0.2) is 0 Å². The van der Waals surface area contributed by atoms with Gasteiger partial charge >= 0.3 is 5.97 Å². The maximum absolute atomic E-state index is 12.5. The van der Waals surface area contributed by atoms with Gasteiger partial charge in [-0.25, -0.2) is 4.79 Å². The van der Waals surface area contributed by atoms with Gasteiger partial charge in [0.25, 0.3) is 0 Å². The highest BCUT2D eigenvalue weighted by Gasteiger charge is 2.41. The first kappa shape index (κ1) is 15.2. The molecule has 2 rings (SSSR count). The van der Waals surface area contributed by atoms with Gasteiger partial charge < -0.3 is 14.9 Å². The fourth-order valence-electron chi connectivity index (χ4n) is 2.70. The van der Waals surface area contributed by atoms with E-state index in [1.807, 2.05) is 13.8 Å². The van der Waals surface area contributed by atoms with E-state index in [2.05, 4.69) is 0 Å². The average Bonchev–Trinajstić information content (AvgIpc) is 2.80. The number of rotatable bonds is 3. The number of thioether (sulfide) groups is 1. The summed E-state index contributed by atoms with van der Waals surface area (Å²) >= 11 is 1.55. The first-order chi connectivity index (χ1) is 9.41. The third-order valence-electron chi connectivity index (χ3n) is 3.83. The lowest BCUT2D eigenvalue weighted by molar-refractivity contribution is -0.150. The Labute approximate surface area is 122 Å². The molecule has 0 aromatic heterocycles. The van der Waals surface area contributed by atoms with E-state index in [1.165, 1.54) is 4.90 Å². The second kappa shape index (κ2) is 6.03. The van der Waals surface area contributed by atoms with Crippen LogP contribution in [-0.2, 0) is 14.4 Å². The van der Waals surface area contributed by atoms with Crippen LogP contribution in [0, 0.1) is 5.92 Å². The molecule has 6 nitrogen and oxygen atoms in total. The van der Waals surface area contributed by atoms with Gasteiger partial charge in [-0.3, -0.25) is 9.59 Å². The summed E-state index contributed by atoms with van der Waals surface area (Å²) in [5, 5.41) is 9.21. The SMILES string of the molecule is CC(C)N1CC(C(=O)N2CCSCC2C(=O)O)CC1=O. The summed E-state index contributed by atoms with van der Waals surface area (Å²) in [4.78, 5) is 38.7. The molecule has 2 heterocycles. The standard InChI is InChI=1S/C13H20N2O4S/c1-8(2)15-6-9(5-11(15)16)12(17)14-3-4-20-7-10(14)13(18)19/h8-10H,3-7H2,1-2H3,(H,18,19). The molecule has 2 amide bonds. The molecule has 0 aromatic rings. The minimum absolute atomic E-state index is 0.0170. The van der Waals surface area contributed by atoms with Crippen LogP contribution < -0.4 is 0 Å². The van der Waals surface area contributed by atoms with Gasteiger partial charge in [0.1, 0.15) is 6.04 Å². The second-order valence-electron chi connectivity index (χ2n) is 5.50. The van der Waals surface area contributed by atoms with Gasteiger partial charge in [0, 0.05) is 37.1 Å². The molecule has 0 aliphatic carbocycles. The van der Waals surface area contributed by atoms with Gasteiger partial charge in [-0.2, -0.15) is 11.8 Å².